The Morgan fingerprint density at radius 3 is 2.32 bits per heavy atom. The molecule has 0 saturated carbocycles. The lowest BCUT2D eigenvalue weighted by atomic mass is 10.1. The Morgan fingerprint density at radius 2 is 1.65 bits per heavy atom. The number of hydrogen-bond donors (Lipinski definition) is 1. The van der Waals surface area contributed by atoms with E-state index in [4.69, 9.17) is 6.42 Å². The SMILES string of the molecule is C#Cc1ccc2nc(Nc3ccc(CN4C(=O)c5ccccc5C4=O)cc3)ncc2c1. The summed E-state index contributed by atoms with van der Waals surface area (Å²) >= 11 is 0. The quantitative estimate of drug-likeness (QED) is 0.409. The molecule has 1 aromatic heterocycles. The van der Waals surface area contributed by atoms with Gasteiger partial charge < -0.3 is 5.32 Å². The van der Waals surface area contributed by atoms with E-state index >= 15 is 0 Å². The molecule has 0 radical (unpaired) electrons. The van der Waals surface area contributed by atoms with Crippen LogP contribution in [0.5, 0.6) is 0 Å². The molecule has 0 fully saturated rings. The number of rotatable bonds is 4. The van der Waals surface area contributed by atoms with Crippen molar-refractivity contribution in [2.45, 2.75) is 6.54 Å². The number of imide groups is 1. The minimum atomic E-state index is -0.264. The minimum absolute atomic E-state index is 0.219. The fraction of sp³-hybridized carbons (Fsp3) is 0.0400. The second-order valence-corrected chi connectivity index (χ2v) is 7.18. The summed E-state index contributed by atoms with van der Waals surface area (Å²) in [7, 11) is 0. The highest BCUT2D eigenvalue weighted by Gasteiger charge is 2.34. The monoisotopic (exact) mass is 404 g/mol. The lowest BCUT2D eigenvalue weighted by Gasteiger charge is -2.14. The predicted molar refractivity (Wildman–Crippen MR) is 118 cm³/mol. The number of carbonyl (C=O) groups excluding carboxylic acids is 2. The van der Waals surface area contributed by atoms with Crippen molar-refractivity contribution in [1.82, 2.24) is 14.9 Å². The first kappa shape index (κ1) is 18.5. The van der Waals surface area contributed by atoms with Crippen molar-refractivity contribution in [1.29, 1.82) is 0 Å². The largest absolute Gasteiger partial charge is 0.324 e. The molecule has 0 saturated heterocycles. The van der Waals surface area contributed by atoms with Gasteiger partial charge >= 0.3 is 0 Å². The van der Waals surface area contributed by atoms with E-state index in [1.807, 2.05) is 42.5 Å². The molecule has 0 aliphatic carbocycles. The third kappa shape index (κ3) is 3.38. The Hall–Kier alpha value is -4.50. The summed E-state index contributed by atoms with van der Waals surface area (Å²) in [6.07, 6.45) is 7.15. The lowest BCUT2D eigenvalue weighted by molar-refractivity contribution is 0.0642. The van der Waals surface area contributed by atoms with Crippen molar-refractivity contribution in [3.63, 3.8) is 0 Å². The van der Waals surface area contributed by atoms with Gasteiger partial charge in [0, 0.05) is 22.8 Å². The van der Waals surface area contributed by atoms with Crippen LogP contribution in [-0.2, 0) is 6.54 Å². The third-order valence-electron chi connectivity index (χ3n) is 5.18. The fourth-order valence-corrected chi connectivity index (χ4v) is 3.57. The topological polar surface area (TPSA) is 75.2 Å². The smallest absolute Gasteiger partial charge is 0.261 e. The molecule has 31 heavy (non-hydrogen) atoms. The van der Waals surface area contributed by atoms with Gasteiger partial charge in [0.1, 0.15) is 0 Å². The molecule has 6 nitrogen and oxygen atoms in total. The summed E-state index contributed by atoms with van der Waals surface area (Å²) < 4.78 is 0. The molecule has 5 rings (SSSR count). The first-order valence-corrected chi connectivity index (χ1v) is 9.67. The van der Waals surface area contributed by atoms with Gasteiger partial charge in [0.25, 0.3) is 11.8 Å². The molecule has 0 spiro atoms. The summed E-state index contributed by atoms with van der Waals surface area (Å²) in [5.74, 6) is 2.54. The van der Waals surface area contributed by atoms with Crippen LogP contribution >= 0.6 is 0 Å². The third-order valence-corrected chi connectivity index (χ3v) is 5.18. The lowest BCUT2D eigenvalue weighted by Crippen LogP contribution is -2.29. The number of anilines is 2. The maximum absolute atomic E-state index is 12.5. The number of carbonyl (C=O) groups is 2. The second-order valence-electron chi connectivity index (χ2n) is 7.18. The maximum Gasteiger partial charge on any atom is 0.261 e. The number of fused-ring (bicyclic) bond motifs is 2. The molecule has 0 atom stereocenters. The molecular formula is C25H16N4O2. The highest BCUT2D eigenvalue weighted by atomic mass is 16.2. The zero-order chi connectivity index (χ0) is 21.4. The number of benzene rings is 3. The summed E-state index contributed by atoms with van der Waals surface area (Å²) in [5, 5.41) is 4.04. The highest BCUT2D eigenvalue weighted by Crippen LogP contribution is 2.25. The number of terminal acetylenes is 1. The van der Waals surface area contributed by atoms with Crippen LogP contribution < -0.4 is 5.32 Å². The van der Waals surface area contributed by atoms with Crippen LogP contribution in [0.4, 0.5) is 11.6 Å². The molecule has 4 aromatic rings. The Kier molecular flexibility index (Phi) is 4.42. The van der Waals surface area contributed by atoms with Crippen LogP contribution in [-0.4, -0.2) is 26.7 Å². The number of hydrogen-bond acceptors (Lipinski definition) is 5. The van der Waals surface area contributed by atoms with Crippen LogP contribution in [0.25, 0.3) is 10.9 Å². The van der Waals surface area contributed by atoms with E-state index in [0.29, 0.717) is 17.1 Å². The van der Waals surface area contributed by atoms with Crippen molar-refractivity contribution in [2.24, 2.45) is 0 Å². The van der Waals surface area contributed by atoms with Gasteiger partial charge in [-0.25, -0.2) is 9.97 Å². The van der Waals surface area contributed by atoms with E-state index in [-0.39, 0.29) is 18.4 Å². The Morgan fingerprint density at radius 1 is 0.935 bits per heavy atom. The van der Waals surface area contributed by atoms with E-state index < -0.39 is 0 Å². The molecule has 0 bridgehead atoms. The van der Waals surface area contributed by atoms with Crippen LogP contribution in [0, 0.1) is 12.3 Å². The van der Waals surface area contributed by atoms with Gasteiger partial charge in [-0.05, 0) is 48.0 Å². The number of nitrogens with one attached hydrogen (secondary N) is 1. The zero-order valence-corrected chi connectivity index (χ0v) is 16.4. The molecule has 0 unspecified atom stereocenters. The number of nitrogens with zero attached hydrogens (tertiary/aromatic N) is 3. The Balaban J connectivity index is 1.31. The molecule has 1 N–H and O–H groups in total. The fourth-order valence-electron chi connectivity index (χ4n) is 3.57. The average molecular weight is 404 g/mol. The van der Waals surface area contributed by atoms with Gasteiger partial charge in [-0.3, -0.25) is 14.5 Å². The van der Waals surface area contributed by atoms with E-state index in [0.717, 1.165) is 27.7 Å². The zero-order valence-electron chi connectivity index (χ0n) is 16.4. The Bertz CT molecular complexity index is 1350. The van der Waals surface area contributed by atoms with Crippen molar-refractivity contribution in [3.05, 3.63) is 95.2 Å². The van der Waals surface area contributed by atoms with E-state index in [1.165, 1.54) is 4.90 Å². The maximum atomic E-state index is 12.5. The molecule has 1 aliphatic heterocycles. The van der Waals surface area contributed by atoms with E-state index in [2.05, 4.69) is 21.2 Å². The number of aromatic nitrogens is 2. The van der Waals surface area contributed by atoms with Crippen LogP contribution in [0.3, 0.4) is 0 Å². The summed E-state index contributed by atoms with van der Waals surface area (Å²) in [6.45, 7) is 0.219. The van der Waals surface area contributed by atoms with Gasteiger partial charge in [0.2, 0.25) is 5.95 Å². The van der Waals surface area contributed by atoms with Crippen LogP contribution in [0.2, 0.25) is 0 Å². The van der Waals surface area contributed by atoms with Gasteiger partial charge in [0.05, 0.1) is 23.2 Å². The van der Waals surface area contributed by atoms with Crippen LogP contribution in [0.15, 0.2) is 72.9 Å². The molecular weight excluding hydrogens is 388 g/mol. The summed E-state index contributed by atoms with van der Waals surface area (Å²) in [6, 6.07) is 19.9. The molecule has 6 heteroatoms. The first-order valence-electron chi connectivity index (χ1n) is 9.67. The van der Waals surface area contributed by atoms with Crippen molar-refractivity contribution >= 4 is 34.4 Å². The molecule has 2 heterocycles. The normalized spacial score (nSPS) is 12.7. The second kappa shape index (κ2) is 7.39. The highest BCUT2D eigenvalue weighted by molar-refractivity contribution is 6.21. The standard InChI is InChI=1S/C25H16N4O2/c1-2-16-9-12-22-18(13-16)14-26-25(28-22)27-19-10-7-17(8-11-19)15-29-23(30)20-5-3-4-6-21(20)24(29)31/h1,3-14H,15H2,(H,26,27,28). The molecule has 1 aliphatic rings. The van der Waals surface area contributed by atoms with Crippen LogP contribution in [0.1, 0.15) is 31.8 Å². The van der Waals surface area contributed by atoms with Crippen molar-refractivity contribution in [3.8, 4) is 12.3 Å². The van der Waals surface area contributed by atoms with E-state index in [1.54, 1.807) is 30.5 Å². The molecule has 3 aromatic carbocycles. The first-order chi connectivity index (χ1) is 15.1. The predicted octanol–water partition coefficient (Wildman–Crippen LogP) is 4.15. The number of amides is 2. The van der Waals surface area contributed by atoms with Gasteiger partial charge in [-0.2, -0.15) is 0 Å². The van der Waals surface area contributed by atoms with E-state index in [9.17, 15) is 9.59 Å². The van der Waals surface area contributed by atoms with Crippen molar-refractivity contribution < 1.29 is 9.59 Å². The summed E-state index contributed by atoms with van der Waals surface area (Å²) in [4.78, 5) is 35.2. The summed E-state index contributed by atoms with van der Waals surface area (Å²) in [5.41, 5.74) is 4.12. The average Bonchev–Trinajstić information content (AvgIpc) is 3.05. The van der Waals surface area contributed by atoms with Crippen molar-refractivity contribution in [2.75, 3.05) is 5.32 Å². The van der Waals surface area contributed by atoms with Gasteiger partial charge in [0.15, 0.2) is 0 Å². The minimum Gasteiger partial charge on any atom is -0.324 e. The Labute approximate surface area is 178 Å². The van der Waals surface area contributed by atoms with Gasteiger partial charge in [-0.15, -0.1) is 6.42 Å². The molecule has 2 amide bonds. The van der Waals surface area contributed by atoms with Gasteiger partial charge in [-0.1, -0.05) is 30.2 Å². The molecule has 148 valence electrons.